The molecule has 1 aliphatic carbocycles. The highest BCUT2D eigenvalue weighted by atomic mass is 19.1. The lowest BCUT2D eigenvalue weighted by molar-refractivity contribution is 0.102. The average Bonchev–Trinajstić information content (AvgIpc) is 2.58. The zero-order valence-corrected chi connectivity index (χ0v) is 13.0. The van der Waals surface area contributed by atoms with Gasteiger partial charge in [-0.05, 0) is 49.2 Å². The maximum absolute atomic E-state index is 13.6. The number of carbonyl (C=O) groups is 1. The molecule has 1 aliphatic rings. The summed E-state index contributed by atoms with van der Waals surface area (Å²) in [6.07, 6.45) is 6.33. The van der Waals surface area contributed by atoms with Gasteiger partial charge in [0.15, 0.2) is 0 Å². The third kappa shape index (κ3) is 4.09. The average molecular weight is 312 g/mol. The lowest BCUT2D eigenvalue weighted by Gasteiger charge is -2.23. The molecule has 0 aromatic heterocycles. The lowest BCUT2D eigenvalue weighted by atomic mass is 9.95. The van der Waals surface area contributed by atoms with Gasteiger partial charge in [0.05, 0.1) is 5.56 Å². The molecule has 0 spiro atoms. The summed E-state index contributed by atoms with van der Waals surface area (Å²) in [5, 5.41) is 6.25. The van der Waals surface area contributed by atoms with Crippen LogP contribution in [0.1, 0.15) is 42.5 Å². The lowest BCUT2D eigenvalue weighted by Crippen LogP contribution is -2.22. The van der Waals surface area contributed by atoms with Crippen LogP contribution in [-0.4, -0.2) is 11.9 Å². The van der Waals surface area contributed by atoms with Crippen LogP contribution in [0.4, 0.5) is 15.8 Å². The van der Waals surface area contributed by atoms with E-state index in [0.717, 1.165) is 5.69 Å². The number of hydrogen-bond donors (Lipinski definition) is 2. The maximum Gasteiger partial charge on any atom is 0.258 e. The van der Waals surface area contributed by atoms with Gasteiger partial charge in [0.1, 0.15) is 5.82 Å². The quantitative estimate of drug-likeness (QED) is 0.849. The molecule has 1 saturated carbocycles. The largest absolute Gasteiger partial charge is 0.382 e. The van der Waals surface area contributed by atoms with E-state index in [1.54, 1.807) is 12.1 Å². The molecule has 0 bridgehead atoms. The summed E-state index contributed by atoms with van der Waals surface area (Å²) < 4.78 is 13.6. The minimum absolute atomic E-state index is 0.0527. The zero-order chi connectivity index (χ0) is 16.1. The van der Waals surface area contributed by atoms with Crippen molar-refractivity contribution < 1.29 is 9.18 Å². The van der Waals surface area contributed by atoms with Gasteiger partial charge in [-0.3, -0.25) is 4.79 Å². The summed E-state index contributed by atoms with van der Waals surface area (Å²) in [5.74, 6) is -0.948. The molecule has 0 unspecified atom stereocenters. The molecule has 0 aliphatic heterocycles. The van der Waals surface area contributed by atoms with Crippen molar-refractivity contribution in [3.05, 3.63) is 59.9 Å². The molecule has 120 valence electrons. The number of halogens is 1. The van der Waals surface area contributed by atoms with Gasteiger partial charge < -0.3 is 10.6 Å². The number of anilines is 2. The fourth-order valence-electron chi connectivity index (χ4n) is 2.98. The summed E-state index contributed by atoms with van der Waals surface area (Å²) in [5.41, 5.74) is 1.77. The van der Waals surface area contributed by atoms with Gasteiger partial charge in [-0.1, -0.05) is 31.4 Å². The zero-order valence-electron chi connectivity index (χ0n) is 13.0. The topological polar surface area (TPSA) is 41.1 Å². The standard InChI is InChI=1S/C19H21FN2O/c20-18-9-5-4-8-17(18)19(23)22-16-12-10-15(11-13-16)21-14-6-2-1-3-7-14/h4-5,8-14,21H,1-3,6-7H2,(H,22,23). The first-order valence-electron chi connectivity index (χ1n) is 8.15. The van der Waals surface area contributed by atoms with Crippen LogP contribution in [-0.2, 0) is 0 Å². The van der Waals surface area contributed by atoms with E-state index in [0.29, 0.717) is 11.7 Å². The van der Waals surface area contributed by atoms with Crippen LogP contribution < -0.4 is 10.6 Å². The molecular formula is C19H21FN2O. The van der Waals surface area contributed by atoms with E-state index in [-0.39, 0.29) is 5.56 Å². The van der Waals surface area contributed by atoms with Crippen molar-refractivity contribution in [1.29, 1.82) is 0 Å². The Hall–Kier alpha value is -2.36. The molecule has 0 heterocycles. The van der Waals surface area contributed by atoms with E-state index in [9.17, 15) is 9.18 Å². The monoisotopic (exact) mass is 312 g/mol. The smallest absolute Gasteiger partial charge is 0.258 e. The van der Waals surface area contributed by atoms with Crippen LogP contribution in [0.5, 0.6) is 0 Å². The third-order valence-electron chi connectivity index (χ3n) is 4.24. The van der Waals surface area contributed by atoms with Crippen LogP contribution in [0, 0.1) is 5.82 Å². The number of carbonyl (C=O) groups excluding carboxylic acids is 1. The van der Waals surface area contributed by atoms with Crippen molar-refractivity contribution in [2.45, 2.75) is 38.1 Å². The fraction of sp³-hybridized carbons (Fsp3) is 0.316. The van der Waals surface area contributed by atoms with Gasteiger partial charge in [-0.25, -0.2) is 4.39 Å². The maximum atomic E-state index is 13.6. The minimum Gasteiger partial charge on any atom is -0.382 e. The summed E-state index contributed by atoms with van der Waals surface area (Å²) in [7, 11) is 0. The predicted octanol–water partition coefficient (Wildman–Crippen LogP) is 4.82. The highest BCUT2D eigenvalue weighted by Gasteiger charge is 2.13. The molecular weight excluding hydrogens is 291 g/mol. The van der Waals surface area contributed by atoms with Gasteiger partial charge in [0, 0.05) is 17.4 Å². The number of nitrogens with one attached hydrogen (secondary N) is 2. The molecule has 23 heavy (non-hydrogen) atoms. The highest BCUT2D eigenvalue weighted by Crippen LogP contribution is 2.22. The Bertz CT molecular complexity index is 663. The van der Waals surface area contributed by atoms with Crippen LogP contribution in [0.2, 0.25) is 0 Å². The summed E-state index contributed by atoms with van der Waals surface area (Å²) in [6.45, 7) is 0. The Morgan fingerprint density at radius 2 is 1.57 bits per heavy atom. The molecule has 0 atom stereocenters. The Morgan fingerprint density at radius 3 is 2.26 bits per heavy atom. The molecule has 2 aromatic rings. The second-order valence-electron chi connectivity index (χ2n) is 5.99. The Balaban J connectivity index is 1.61. The number of amides is 1. The predicted molar refractivity (Wildman–Crippen MR) is 91.3 cm³/mol. The van der Waals surface area contributed by atoms with Crippen LogP contribution in [0.15, 0.2) is 48.5 Å². The number of rotatable bonds is 4. The minimum atomic E-state index is -0.513. The Morgan fingerprint density at radius 1 is 0.913 bits per heavy atom. The Kier molecular flexibility index (Phi) is 4.91. The fourth-order valence-corrected chi connectivity index (χ4v) is 2.98. The van der Waals surface area contributed by atoms with E-state index in [2.05, 4.69) is 10.6 Å². The normalized spacial score (nSPS) is 15.2. The molecule has 0 radical (unpaired) electrons. The molecule has 0 saturated heterocycles. The molecule has 2 N–H and O–H groups in total. The van der Waals surface area contributed by atoms with Gasteiger partial charge in [0.25, 0.3) is 5.91 Å². The number of hydrogen-bond acceptors (Lipinski definition) is 2. The third-order valence-corrected chi connectivity index (χ3v) is 4.24. The van der Waals surface area contributed by atoms with Crippen LogP contribution in [0.3, 0.4) is 0 Å². The van der Waals surface area contributed by atoms with E-state index < -0.39 is 11.7 Å². The summed E-state index contributed by atoms with van der Waals surface area (Å²) in [6, 6.07) is 14.1. The van der Waals surface area contributed by atoms with E-state index in [1.165, 1.54) is 44.2 Å². The van der Waals surface area contributed by atoms with Gasteiger partial charge in [0.2, 0.25) is 0 Å². The molecule has 4 heteroatoms. The van der Waals surface area contributed by atoms with Crippen LogP contribution >= 0.6 is 0 Å². The second-order valence-corrected chi connectivity index (χ2v) is 5.99. The molecule has 1 amide bonds. The molecule has 1 fully saturated rings. The first-order chi connectivity index (χ1) is 11.2. The summed E-state index contributed by atoms with van der Waals surface area (Å²) in [4.78, 5) is 12.1. The van der Waals surface area contributed by atoms with Gasteiger partial charge in [-0.15, -0.1) is 0 Å². The van der Waals surface area contributed by atoms with Crippen molar-refractivity contribution in [2.24, 2.45) is 0 Å². The van der Waals surface area contributed by atoms with Crippen molar-refractivity contribution in [3.8, 4) is 0 Å². The summed E-state index contributed by atoms with van der Waals surface area (Å²) >= 11 is 0. The van der Waals surface area contributed by atoms with Crippen molar-refractivity contribution in [1.82, 2.24) is 0 Å². The Labute approximate surface area is 135 Å². The molecule has 3 nitrogen and oxygen atoms in total. The first kappa shape index (κ1) is 15.5. The van der Waals surface area contributed by atoms with Crippen molar-refractivity contribution in [3.63, 3.8) is 0 Å². The second kappa shape index (κ2) is 7.27. The van der Waals surface area contributed by atoms with Gasteiger partial charge in [-0.2, -0.15) is 0 Å². The van der Waals surface area contributed by atoms with Crippen molar-refractivity contribution >= 4 is 17.3 Å². The van der Waals surface area contributed by atoms with Gasteiger partial charge >= 0.3 is 0 Å². The molecule has 3 rings (SSSR count). The van der Waals surface area contributed by atoms with Crippen LogP contribution in [0.25, 0.3) is 0 Å². The van der Waals surface area contributed by atoms with Crippen molar-refractivity contribution in [2.75, 3.05) is 10.6 Å². The van der Waals surface area contributed by atoms with E-state index >= 15 is 0 Å². The molecule has 2 aromatic carbocycles. The van der Waals surface area contributed by atoms with E-state index in [1.807, 2.05) is 24.3 Å². The van der Waals surface area contributed by atoms with E-state index in [4.69, 9.17) is 0 Å². The number of benzene rings is 2. The SMILES string of the molecule is O=C(Nc1ccc(NC2CCCCC2)cc1)c1ccccc1F. The first-order valence-corrected chi connectivity index (χ1v) is 8.15. The highest BCUT2D eigenvalue weighted by molar-refractivity contribution is 6.04.